The van der Waals surface area contributed by atoms with Crippen LogP contribution in [0.5, 0.6) is 11.5 Å². The largest absolute Gasteiger partial charge is 0.457 e. The second kappa shape index (κ2) is 10.8. The van der Waals surface area contributed by atoms with E-state index in [0.717, 1.165) is 37.1 Å². The summed E-state index contributed by atoms with van der Waals surface area (Å²) in [6.45, 7) is 3.85. The first-order chi connectivity index (χ1) is 17.0. The highest BCUT2D eigenvalue weighted by Gasteiger charge is 2.27. The van der Waals surface area contributed by atoms with E-state index in [-0.39, 0.29) is 17.4 Å². The number of fused-ring (bicyclic) bond motifs is 1. The lowest BCUT2D eigenvalue weighted by Gasteiger charge is -2.30. The van der Waals surface area contributed by atoms with E-state index in [1.165, 1.54) is 0 Å². The van der Waals surface area contributed by atoms with Gasteiger partial charge in [0.15, 0.2) is 5.82 Å². The minimum atomic E-state index is -0.361. The Morgan fingerprint density at radius 1 is 1.14 bits per heavy atom. The van der Waals surface area contributed by atoms with E-state index in [2.05, 4.69) is 10.2 Å². The Balaban J connectivity index is 0.000000917. The zero-order valence-corrected chi connectivity index (χ0v) is 19.6. The van der Waals surface area contributed by atoms with Crippen LogP contribution in [0.3, 0.4) is 0 Å². The van der Waals surface area contributed by atoms with Crippen molar-refractivity contribution in [2.24, 2.45) is 5.73 Å². The molecule has 0 bridgehead atoms. The van der Waals surface area contributed by atoms with Crippen LogP contribution >= 0.6 is 0 Å². The fourth-order valence-electron chi connectivity index (χ4n) is 4.16. The fourth-order valence-corrected chi connectivity index (χ4v) is 4.16. The van der Waals surface area contributed by atoms with Crippen LogP contribution in [0.25, 0.3) is 22.2 Å². The molecule has 1 aliphatic heterocycles. The summed E-state index contributed by atoms with van der Waals surface area (Å²) < 4.78 is 7.57. The zero-order valence-electron chi connectivity index (χ0n) is 19.6. The van der Waals surface area contributed by atoms with Crippen molar-refractivity contribution in [3.63, 3.8) is 0 Å². The number of aromatic amines is 1. The van der Waals surface area contributed by atoms with Crippen LogP contribution in [0.2, 0.25) is 0 Å². The summed E-state index contributed by atoms with van der Waals surface area (Å²) in [6, 6.07) is 16.8. The van der Waals surface area contributed by atoms with Gasteiger partial charge in [-0.3, -0.25) is 14.3 Å². The van der Waals surface area contributed by atoms with Gasteiger partial charge in [-0.05, 0) is 55.8 Å². The van der Waals surface area contributed by atoms with Crippen molar-refractivity contribution in [1.29, 1.82) is 0 Å². The second-order valence-corrected chi connectivity index (χ2v) is 8.20. The Hall–Kier alpha value is -4.18. The summed E-state index contributed by atoms with van der Waals surface area (Å²) in [5.74, 6) is 1.63. The molecule has 3 heterocycles. The lowest BCUT2D eigenvalue weighted by Crippen LogP contribution is -2.36. The Kier molecular flexibility index (Phi) is 7.41. The Morgan fingerprint density at radius 2 is 1.83 bits per heavy atom. The van der Waals surface area contributed by atoms with Crippen molar-refractivity contribution in [3.8, 4) is 22.8 Å². The van der Waals surface area contributed by atoms with E-state index in [1.54, 1.807) is 9.58 Å². The number of nitrogens with two attached hydrogens (primary N) is 2. The maximum atomic E-state index is 12.7. The molecule has 5 N–H and O–H groups in total. The molecule has 35 heavy (non-hydrogen) atoms. The number of nitrogens with zero attached hydrogens (tertiary/aromatic N) is 4. The van der Waals surface area contributed by atoms with E-state index < -0.39 is 0 Å². The van der Waals surface area contributed by atoms with E-state index in [0.29, 0.717) is 35.4 Å². The highest BCUT2D eigenvalue weighted by Crippen LogP contribution is 2.34. The van der Waals surface area contributed by atoms with Crippen LogP contribution in [0, 0.1) is 0 Å². The zero-order chi connectivity index (χ0) is 24.8. The number of anilines is 1. The molecular weight excluding hydrogens is 446 g/mol. The minimum Gasteiger partial charge on any atom is -0.457 e. The first-order valence-corrected chi connectivity index (χ1v) is 11.5. The lowest BCUT2D eigenvalue weighted by molar-refractivity contribution is -0.119. The number of carbonyl (C=O) groups excluding carboxylic acids is 1. The molecule has 2 aromatic carbocycles. The van der Waals surface area contributed by atoms with Gasteiger partial charge in [0, 0.05) is 18.7 Å². The number of para-hydroxylation sites is 1. The molecule has 10 heteroatoms. The van der Waals surface area contributed by atoms with Gasteiger partial charge in [-0.1, -0.05) is 25.1 Å². The lowest BCUT2D eigenvalue weighted by atomic mass is 10.1. The molecule has 2 aromatic heterocycles. The number of piperidine rings is 1. The van der Waals surface area contributed by atoms with Gasteiger partial charge in [0.1, 0.15) is 22.7 Å². The van der Waals surface area contributed by atoms with Crippen LogP contribution in [0.15, 0.2) is 59.4 Å². The predicted octanol–water partition coefficient (Wildman–Crippen LogP) is 2.92. The summed E-state index contributed by atoms with van der Waals surface area (Å²) in [6.07, 6.45) is 2.49. The standard InChI is InChI=1S/C23H22N6O3.C2H7N/c24-22-19-20(15-8-10-18(11-9-15)32-17-6-2-1-3-7-17)27-29(21(19)23(31)26-25-22)16-5-4-12-28(13-16)14-30;1-2-3/h1-3,6-11,14,16H,4-5,12-13H2,(H2,24,25)(H,26,31);2-3H2,1H3. The molecule has 1 fully saturated rings. The number of amides is 1. The van der Waals surface area contributed by atoms with E-state index >= 15 is 0 Å². The third-order valence-corrected chi connectivity index (χ3v) is 5.69. The highest BCUT2D eigenvalue weighted by atomic mass is 16.5. The van der Waals surface area contributed by atoms with Crippen molar-refractivity contribution in [2.45, 2.75) is 25.8 Å². The smallest absolute Gasteiger partial charge is 0.290 e. The number of carbonyl (C=O) groups is 1. The summed E-state index contributed by atoms with van der Waals surface area (Å²) in [7, 11) is 0. The topological polar surface area (TPSA) is 145 Å². The van der Waals surface area contributed by atoms with Gasteiger partial charge >= 0.3 is 0 Å². The number of aromatic nitrogens is 4. The molecule has 0 radical (unpaired) electrons. The maximum absolute atomic E-state index is 12.7. The summed E-state index contributed by atoms with van der Waals surface area (Å²) in [5, 5.41) is 11.7. The molecule has 0 aliphatic carbocycles. The first kappa shape index (κ1) is 24.0. The number of likely N-dealkylation sites (tertiary alicyclic amines) is 1. The average molecular weight is 476 g/mol. The van der Waals surface area contributed by atoms with E-state index in [1.807, 2.05) is 61.5 Å². The number of H-pyrrole nitrogens is 1. The molecule has 1 aliphatic rings. The van der Waals surface area contributed by atoms with Crippen LogP contribution in [0.1, 0.15) is 25.8 Å². The molecule has 0 saturated carbocycles. The van der Waals surface area contributed by atoms with Gasteiger partial charge in [-0.2, -0.15) is 10.2 Å². The summed E-state index contributed by atoms with van der Waals surface area (Å²) in [4.78, 5) is 25.7. The Labute approximate surface area is 202 Å². The summed E-state index contributed by atoms with van der Waals surface area (Å²) in [5.41, 5.74) is 12.4. The van der Waals surface area contributed by atoms with E-state index in [4.69, 9.17) is 21.3 Å². The van der Waals surface area contributed by atoms with Gasteiger partial charge in [-0.15, -0.1) is 0 Å². The van der Waals surface area contributed by atoms with Crippen LogP contribution in [-0.4, -0.2) is 50.9 Å². The quantitative estimate of drug-likeness (QED) is 0.376. The van der Waals surface area contributed by atoms with Gasteiger partial charge in [0.25, 0.3) is 5.56 Å². The number of nitrogen functional groups attached to an aromatic ring is 1. The molecular formula is C25H29N7O3. The maximum Gasteiger partial charge on any atom is 0.290 e. The fraction of sp³-hybridized carbons (Fsp3) is 0.280. The molecule has 5 rings (SSSR count). The molecule has 182 valence electrons. The molecule has 0 spiro atoms. The molecule has 1 amide bonds. The van der Waals surface area contributed by atoms with E-state index in [9.17, 15) is 9.59 Å². The number of nitrogens with one attached hydrogen (secondary N) is 1. The van der Waals surface area contributed by atoms with Crippen molar-refractivity contribution in [1.82, 2.24) is 24.9 Å². The second-order valence-electron chi connectivity index (χ2n) is 8.20. The number of rotatable bonds is 5. The van der Waals surface area contributed by atoms with Gasteiger partial charge in [0.05, 0.1) is 11.4 Å². The van der Waals surface area contributed by atoms with Gasteiger partial charge in [-0.25, -0.2) is 5.10 Å². The third kappa shape index (κ3) is 5.17. The predicted molar refractivity (Wildman–Crippen MR) is 135 cm³/mol. The summed E-state index contributed by atoms with van der Waals surface area (Å²) >= 11 is 0. The average Bonchev–Trinajstić information content (AvgIpc) is 3.30. The molecule has 1 atom stereocenters. The van der Waals surface area contributed by atoms with Crippen molar-refractivity contribution >= 4 is 23.1 Å². The number of benzene rings is 2. The molecule has 1 unspecified atom stereocenters. The number of hydrogen-bond acceptors (Lipinski definition) is 7. The monoisotopic (exact) mass is 475 g/mol. The van der Waals surface area contributed by atoms with Crippen LogP contribution in [-0.2, 0) is 4.79 Å². The van der Waals surface area contributed by atoms with Crippen LogP contribution in [0.4, 0.5) is 5.82 Å². The van der Waals surface area contributed by atoms with Gasteiger partial charge < -0.3 is 21.1 Å². The Bertz CT molecular complexity index is 1330. The van der Waals surface area contributed by atoms with Crippen molar-refractivity contribution < 1.29 is 9.53 Å². The Morgan fingerprint density at radius 3 is 2.51 bits per heavy atom. The number of ether oxygens (including phenoxy) is 1. The highest BCUT2D eigenvalue weighted by molar-refractivity contribution is 5.99. The minimum absolute atomic E-state index is 0.117. The normalized spacial score (nSPS) is 15.4. The molecule has 10 nitrogen and oxygen atoms in total. The van der Waals surface area contributed by atoms with Crippen molar-refractivity contribution in [3.05, 3.63) is 65.0 Å². The van der Waals surface area contributed by atoms with Crippen LogP contribution < -0.4 is 21.8 Å². The van der Waals surface area contributed by atoms with Gasteiger partial charge in [0.2, 0.25) is 6.41 Å². The third-order valence-electron chi connectivity index (χ3n) is 5.69. The van der Waals surface area contributed by atoms with Crippen molar-refractivity contribution in [2.75, 3.05) is 25.4 Å². The SMILES string of the molecule is CCN.Nc1n[nH]c(=O)c2c1c(-c1ccc(Oc3ccccc3)cc1)nn2C1CCCN(C=O)C1. The molecule has 1 saturated heterocycles. The number of hydrogen-bond donors (Lipinski definition) is 3. The molecule has 4 aromatic rings. The first-order valence-electron chi connectivity index (χ1n) is 11.5.